The van der Waals surface area contributed by atoms with Crippen molar-refractivity contribution in [3.05, 3.63) is 42.2 Å². The summed E-state index contributed by atoms with van der Waals surface area (Å²) in [6.45, 7) is 5.73. The molecular formula is C21H35BrN2O. The normalized spacial score (nSPS) is 13.2. The molecule has 0 N–H and O–H groups in total. The maximum atomic E-state index is 5.20. The lowest BCUT2D eigenvalue weighted by Gasteiger charge is -2.21. The second-order valence-corrected chi connectivity index (χ2v) is 6.78. The Kier molecular flexibility index (Phi) is 11.5. The summed E-state index contributed by atoms with van der Waals surface area (Å²) in [7, 11) is 1.72. The maximum absolute atomic E-state index is 5.20. The minimum atomic E-state index is 0. The summed E-state index contributed by atoms with van der Waals surface area (Å²) in [5, 5.41) is 0. The third-order valence-electron chi connectivity index (χ3n) is 4.72. The van der Waals surface area contributed by atoms with Crippen molar-refractivity contribution < 1.29 is 4.74 Å². The van der Waals surface area contributed by atoms with E-state index < -0.39 is 0 Å². The molecule has 0 aromatic heterocycles. The second kappa shape index (κ2) is 13.1. The number of hydrogen-bond acceptors (Lipinski definition) is 3. The molecule has 0 aliphatic carbocycles. The molecule has 0 amide bonds. The number of rotatable bonds is 12. The Balaban J connectivity index is 0.00000312. The first-order valence-electron chi connectivity index (χ1n) is 9.61. The molecule has 1 aromatic carbocycles. The highest BCUT2D eigenvalue weighted by Gasteiger charge is 2.10. The van der Waals surface area contributed by atoms with Crippen molar-refractivity contribution in [1.82, 2.24) is 9.80 Å². The molecule has 142 valence electrons. The van der Waals surface area contributed by atoms with Gasteiger partial charge in [-0.05, 0) is 43.4 Å². The van der Waals surface area contributed by atoms with Crippen LogP contribution in [0.25, 0.3) is 0 Å². The Bertz CT molecular complexity index is 475. The zero-order chi connectivity index (χ0) is 17.0. The molecule has 0 unspecified atom stereocenters. The van der Waals surface area contributed by atoms with Gasteiger partial charge in [0.25, 0.3) is 0 Å². The molecule has 1 aliphatic heterocycles. The van der Waals surface area contributed by atoms with E-state index in [9.17, 15) is 0 Å². The van der Waals surface area contributed by atoms with Gasteiger partial charge in [-0.1, -0.05) is 44.7 Å². The largest absolute Gasteiger partial charge is 0.497 e. The average Bonchev–Trinajstić information content (AvgIpc) is 3.07. The van der Waals surface area contributed by atoms with Crippen LogP contribution >= 0.6 is 17.0 Å². The SMILES string of the molecule is Br.CCCCCCCN1C=CN(CCCCc2ccc(OC)cc2)C1. The lowest BCUT2D eigenvalue weighted by atomic mass is 10.1. The number of methoxy groups -OCH3 is 1. The van der Waals surface area contributed by atoms with E-state index in [1.165, 1.54) is 63.6 Å². The van der Waals surface area contributed by atoms with E-state index >= 15 is 0 Å². The van der Waals surface area contributed by atoms with E-state index in [-0.39, 0.29) is 17.0 Å². The molecule has 0 spiro atoms. The van der Waals surface area contributed by atoms with Gasteiger partial charge in [0.15, 0.2) is 0 Å². The van der Waals surface area contributed by atoms with Gasteiger partial charge in [-0.3, -0.25) is 0 Å². The van der Waals surface area contributed by atoms with Crippen LogP contribution < -0.4 is 4.74 Å². The molecule has 0 atom stereocenters. The predicted octanol–water partition coefficient (Wildman–Crippen LogP) is 5.61. The topological polar surface area (TPSA) is 15.7 Å². The number of halogens is 1. The molecule has 0 radical (unpaired) electrons. The summed E-state index contributed by atoms with van der Waals surface area (Å²) >= 11 is 0. The van der Waals surface area contributed by atoms with Gasteiger partial charge in [-0.2, -0.15) is 0 Å². The summed E-state index contributed by atoms with van der Waals surface area (Å²) < 4.78 is 5.20. The van der Waals surface area contributed by atoms with Crippen LogP contribution in [-0.4, -0.2) is 36.7 Å². The van der Waals surface area contributed by atoms with Crippen LogP contribution in [-0.2, 0) is 6.42 Å². The van der Waals surface area contributed by atoms with Crippen molar-refractivity contribution in [3.8, 4) is 5.75 Å². The predicted molar refractivity (Wildman–Crippen MR) is 112 cm³/mol. The minimum absolute atomic E-state index is 0. The van der Waals surface area contributed by atoms with Crippen LogP contribution in [0.1, 0.15) is 57.4 Å². The van der Waals surface area contributed by atoms with E-state index in [1.807, 2.05) is 0 Å². The lowest BCUT2D eigenvalue weighted by Crippen LogP contribution is -2.26. The highest BCUT2D eigenvalue weighted by Crippen LogP contribution is 2.14. The number of hydrogen-bond donors (Lipinski definition) is 0. The number of nitrogens with zero attached hydrogens (tertiary/aromatic N) is 2. The quantitative estimate of drug-likeness (QED) is 0.416. The zero-order valence-corrected chi connectivity index (χ0v) is 17.7. The smallest absolute Gasteiger partial charge is 0.118 e. The molecule has 0 bridgehead atoms. The van der Waals surface area contributed by atoms with Crippen molar-refractivity contribution >= 4 is 17.0 Å². The van der Waals surface area contributed by atoms with Gasteiger partial charge in [0.1, 0.15) is 5.75 Å². The van der Waals surface area contributed by atoms with E-state index in [0.717, 1.165) is 18.8 Å². The van der Waals surface area contributed by atoms with Crippen LogP contribution in [0.15, 0.2) is 36.7 Å². The molecule has 0 saturated carbocycles. The van der Waals surface area contributed by atoms with E-state index in [4.69, 9.17) is 4.74 Å². The summed E-state index contributed by atoms with van der Waals surface area (Å²) in [6.07, 6.45) is 15.0. The number of ether oxygens (including phenoxy) is 1. The van der Waals surface area contributed by atoms with Crippen LogP contribution in [0, 0.1) is 0 Å². The van der Waals surface area contributed by atoms with Crippen molar-refractivity contribution in [2.45, 2.75) is 58.3 Å². The molecule has 3 nitrogen and oxygen atoms in total. The van der Waals surface area contributed by atoms with Crippen LogP contribution in [0.2, 0.25) is 0 Å². The zero-order valence-electron chi connectivity index (χ0n) is 16.0. The van der Waals surface area contributed by atoms with E-state index in [2.05, 4.69) is 53.4 Å². The van der Waals surface area contributed by atoms with Gasteiger partial charge in [0, 0.05) is 25.5 Å². The Hall–Kier alpha value is -1.16. The van der Waals surface area contributed by atoms with Crippen LogP contribution in [0.5, 0.6) is 5.75 Å². The molecule has 0 fully saturated rings. The van der Waals surface area contributed by atoms with Gasteiger partial charge in [-0.15, -0.1) is 17.0 Å². The van der Waals surface area contributed by atoms with Gasteiger partial charge in [0.05, 0.1) is 13.8 Å². The third kappa shape index (κ3) is 8.66. The van der Waals surface area contributed by atoms with Crippen molar-refractivity contribution in [2.24, 2.45) is 0 Å². The first-order valence-corrected chi connectivity index (χ1v) is 9.61. The fraction of sp³-hybridized carbons (Fsp3) is 0.619. The number of benzene rings is 1. The van der Waals surface area contributed by atoms with Crippen LogP contribution in [0.4, 0.5) is 0 Å². The summed E-state index contributed by atoms with van der Waals surface area (Å²) in [5.41, 5.74) is 1.40. The molecule has 1 heterocycles. The van der Waals surface area contributed by atoms with Crippen molar-refractivity contribution in [1.29, 1.82) is 0 Å². The van der Waals surface area contributed by atoms with Gasteiger partial charge in [0.2, 0.25) is 0 Å². The Morgan fingerprint density at radius 1 is 0.840 bits per heavy atom. The van der Waals surface area contributed by atoms with Gasteiger partial charge >= 0.3 is 0 Å². The first kappa shape index (κ1) is 21.9. The van der Waals surface area contributed by atoms with Crippen LogP contribution in [0.3, 0.4) is 0 Å². The van der Waals surface area contributed by atoms with Crippen molar-refractivity contribution in [2.75, 3.05) is 26.9 Å². The Morgan fingerprint density at radius 3 is 2.04 bits per heavy atom. The van der Waals surface area contributed by atoms with Gasteiger partial charge in [-0.25, -0.2) is 0 Å². The molecule has 0 saturated heterocycles. The Morgan fingerprint density at radius 2 is 1.44 bits per heavy atom. The molecule has 25 heavy (non-hydrogen) atoms. The lowest BCUT2D eigenvalue weighted by molar-refractivity contribution is 0.258. The third-order valence-corrected chi connectivity index (χ3v) is 4.72. The summed E-state index contributed by atoms with van der Waals surface area (Å²) in [6, 6.07) is 8.46. The average molecular weight is 411 g/mol. The molecule has 2 rings (SSSR count). The molecule has 1 aliphatic rings. The van der Waals surface area contributed by atoms with Gasteiger partial charge < -0.3 is 14.5 Å². The van der Waals surface area contributed by atoms with E-state index in [1.54, 1.807) is 7.11 Å². The maximum Gasteiger partial charge on any atom is 0.118 e. The molecule has 4 heteroatoms. The fourth-order valence-electron chi connectivity index (χ4n) is 3.16. The Labute approximate surface area is 164 Å². The van der Waals surface area contributed by atoms with Crippen molar-refractivity contribution in [3.63, 3.8) is 0 Å². The van der Waals surface area contributed by atoms with E-state index in [0.29, 0.717) is 0 Å². The first-order chi connectivity index (χ1) is 11.8. The summed E-state index contributed by atoms with van der Waals surface area (Å²) in [4.78, 5) is 4.90. The summed E-state index contributed by atoms with van der Waals surface area (Å²) in [5.74, 6) is 0.940. The number of unbranched alkanes of at least 4 members (excludes halogenated alkanes) is 5. The molecule has 1 aromatic rings. The standard InChI is InChI=1S/C21H34N2O.BrH/c1-3-4-5-6-8-15-22-17-18-23(19-22)16-9-7-10-20-11-13-21(24-2)14-12-20;/h11-14,17-18H,3-10,15-16,19H2,1-2H3;1H. The molecular weight excluding hydrogens is 376 g/mol. The highest BCUT2D eigenvalue weighted by molar-refractivity contribution is 8.93. The fourth-order valence-corrected chi connectivity index (χ4v) is 3.16. The second-order valence-electron chi connectivity index (χ2n) is 6.78. The highest BCUT2D eigenvalue weighted by atomic mass is 79.9. The monoisotopic (exact) mass is 410 g/mol. The minimum Gasteiger partial charge on any atom is -0.497 e. The number of aryl methyl sites for hydroxylation is 1.